The lowest BCUT2D eigenvalue weighted by Crippen LogP contribution is -2.77. The van der Waals surface area contributed by atoms with E-state index in [1.165, 1.54) is 65.2 Å². The van der Waals surface area contributed by atoms with Crippen molar-refractivity contribution in [2.75, 3.05) is 4.90 Å². The Morgan fingerprint density at radius 2 is 1.07 bits per heavy atom. The summed E-state index contributed by atoms with van der Waals surface area (Å²) >= 11 is 0. The second-order valence-electron chi connectivity index (χ2n) is 16.4. The molecule has 0 saturated carbocycles. The first-order valence-corrected chi connectivity index (χ1v) is 22.5. The molecule has 1 unspecified atom stereocenters. The highest BCUT2D eigenvalue weighted by molar-refractivity contribution is 7.21. The van der Waals surface area contributed by atoms with Crippen molar-refractivity contribution in [2.24, 2.45) is 0 Å². The second-order valence-corrected chi connectivity index (χ2v) is 20.1. The van der Waals surface area contributed by atoms with Crippen LogP contribution in [-0.4, -0.2) is 14.8 Å². The van der Waals surface area contributed by atoms with Gasteiger partial charge in [-0.2, -0.15) is 0 Å². The highest BCUT2D eigenvalue weighted by atomic mass is 28.3. The Balaban J connectivity index is 1.28. The van der Waals surface area contributed by atoms with Crippen LogP contribution in [0.2, 0.25) is 0 Å². The van der Waals surface area contributed by atoms with Crippen LogP contribution in [0.4, 0.5) is 17.1 Å². The number of hydrogen-bond acceptors (Lipinski definition) is 2. The molecule has 1 atom stereocenters. The van der Waals surface area contributed by atoms with Gasteiger partial charge in [-0.3, -0.25) is 0 Å². The number of fused-ring (bicyclic) bond motifs is 4. The zero-order valence-corrected chi connectivity index (χ0v) is 34.5. The monoisotopic (exact) mass is 743 g/mol. The van der Waals surface area contributed by atoms with Crippen molar-refractivity contribution in [2.45, 2.75) is 65.7 Å². The summed E-state index contributed by atoms with van der Waals surface area (Å²) in [5, 5.41) is 5.56. The number of hydrogen-bond donors (Lipinski definition) is 0. The molecule has 56 heavy (non-hydrogen) atoms. The van der Waals surface area contributed by atoms with Crippen LogP contribution < -0.4 is 46.8 Å². The predicted octanol–water partition coefficient (Wildman–Crippen LogP) is 9.23. The van der Waals surface area contributed by atoms with Crippen molar-refractivity contribution in [1.82, 2.24) is 0 Å². The summed E-state index contributed by atoms with van der Waals surface area (Å²) in [6.45, 7) is 14.2. The van der Waals surface area contributed by atoms with E-state index in [1.54, 1.807) is 0 Å². The number of rotatable bonds is 8. The molecule has 0 N–H and O–H groups in total. The molecule has 0 bridgehead atoms. The minimum Gasteiger partial charge on any atom is -0.458 e. The average Bonchev–Trinajstić information content (AvgIpc) is 3.24. The third kappa shape index (κ3) is 5.68. The molecule has 0 saturated heterocycles. The molecule has 7 aromatic rings. The fourth-order valence-corrected chi connectivity index (χ4v) is 14.7. The third-order valence-electron chi connectivity index (χ3n) is 12.5. The standard InChI is InChI=1S/C52H50BNOSi/c1-7-37(6)43-33-38(35(2)3)32-42(36(4)5)52(43)53-44-24-14-17-27-48(44)55-49-34-39(30-31-45(49)53)54-46-25-15-18-28-50(46)56(40-20-10-8-11-21-40,41-22-12-9-13-23-41)51-29-19-16-26-47(51)54/h8-37H,7H2,1-6H3. The number of nitrogens with zero attached hydrogens (tertiary/aromatic N) is 1. The van der Waals surface area contributed by atoms with Gasteiger partial charge in [0.1, 0.15) is 11.5 Å². The summed E-state index contributed by atoms with van der Waals surface area (Å²) < 4.78 is 6.99. The van der Waals surface area contributed by atoms with Gasteiger partial charge in [0.15, 0.2) is 8.07 Å². The smallest absolute Gasteiger partial charge is 0.251 e. The van der Waals surface area contributed by atoms with E-state index in [4.69, 9.17) is 4.74 Å². The molecule has 7 aromatic carbocycles. The molecule has 0 radical (unpaired) electrons. The fraction of sp³-hybridized carbons (Fsp3) is 0.192. The van der Waals surface area contributed by atoms with Gasteiger partial charge in [-0.05, 0) is 96.8 Å². The summed E-state index contributed by atoms with van der Waals surface area (Å²) in [4.78, 5) is 2.49. The SMILES string of the molecule is CCC(C)c1cc(C(C)C)cc(C(C)C)c1B1c2ccccc2Oc2cc(N3c4ccccc4[Si](c4ccccc4)(c4ccccc4)c4ccccc43)ccc21. The number of para-hydroxylation sites is 3. The predicted molar refractivity (Wildman–Crippen MR) is 243 cm³/mol. The van der Waals surface area contributed by atoms with Gasteiger partial charge in [-0.15, -0.1) is 0 Å². The van der Waals surface area contributed by atoms with Crippen LogP contribution >= 0.6 is 0 Å². The van der Waals surface area contributed by atoms with E-state index in [9.17, 15) is 0 Å². The Labute approximate surface area is 334 Å². The fourth-order valence-electron chi connectivity index (χ4n) is 9.58. The molecular formula is C52H50BNOSi. The molecular weight excluding hydrogens is 693 g/mol. The Hall–Kier alpha value is -5.58. The van der Waals surface area contributed by atoms with Gasteiger partial charge < -0.3 is 9.64 Å². The largest absolute Gasteiger partial charge is 0.458 e. The van der Waals surface area contributed by atoms with Gasteiger partial charge in [-0.25, -0.2) is 0 Å². The van der Waals surface area contributed by atoms with E-state index in [-0.39, 0.29) is 6.71 Å². The minimum absolute atomic E-state index is 0.0590. The first kappa shape index (κ1) is 36.1. The van der Waals surface area contributed by atoms with Gasteiger partial charge in [-0.1, -0.05) is 180 Å². The number of benzene rings is 7. The molecule has 0 aromatic heterocycles. The maximum Gasteiger partial charge on any atom is 0.251 e. The van der Waals surface area contributed by atoms with Crippen LogP contribution in [0.5, 0.6) is 11.5 Å². The highest BCUT2D eigenvalue weighted by Crippen LogP contribution is 2.40. The summed E-state index contributed by atoms with van der Waals surface area (Å²) in [5.41, 5.74) is 11.8. The zero-order valence-electron chi connectivity index (χ0n) is 33.5. The van der Waals surface area contributed by atoms with E-state index < -0.39 is 8.07 Å². The van der Waals surface area contributed by atoms with Gasteiger partial charge in [0.25, 0.3) is 6.71 Å². The van der Waals surface area contributed by atoms with Crippen molar-refractivity contribution < 1.29 is 4.74 Å². The van der Waals surface area contributed by atoms with E-state index in [1.807, 2.05) is 0 Å². The van der Waals surface area contributed by atoms with Crippen molar-refractivity contribution in [1.29, 1.82) is 0 Å². The average molecular weight is 744 g/mol. The normalized spacial score (nSPS) is 14.4. The minimum atomic E-state index is -2.71. The van der Waals surface area contributed by atoms with Crippen LogP contribution in [0, 0.1) is 0 Å². The molecule has 4 heteroatoms. The van der Waals surface area contributed by atoms with E-state index in [2.05, 4.69) is 210 Å². The summed E-state index contributed by atoms with van der Waals surface area (Å²) in [7, 11) is -2.71. The van der Waals surface area contributed by atoms with Crippen LogP contribution in [0.25, 0.3) is 0 Å². The lowest BCUT2D eigenvalue weighted by Gasteiger charge is -2.45. The van der Waals surface area contributed by atoms with Gasteiger partial charge in [0, 0.05) is 23.1 Å². The molecule has 0 amide bonds. The van der Waals surface area contributed by atoms with E-state index in [0.29, 0.717) is 17.8 Å². The van der Waals surface area contributed by atoms with Gasteiger partial charge in [0.2, 0.25) is 0 Å². The maximum absolute atomic E-state index is 6.99. The van der Waals surface area contributed by atoms with Crippen molar-refractivity contribution in [3.05, 3.63) is 180 Å². The van der Waals surface area contributed by atoms with Crippen LogP contribution in [0.3, 0.4) is 0 Å². The molecule has 0 spiro atoms. The van der Waals surface area contributed by atoms with Crippen LogP contribution in [0.1, 0.15) is 82.4 Å². The van der Waals surface area contributed by atoms with Crippen LogP contribution in [0.15, 0.2) is 164 Å². The molecule has 9 rings (SSSR count). The van der Waals surface area contributed by atoms with Crippen molar-refractivity contribution >= 4 is 69.0 Å². The van der Waals surface area contributed by atoms with Crippen LogP contribution in [-0.2, 0) is 0 Å². The summed E-state index contributed by atoms with van der Waals surface area (Å²) in [6, 6.07) is 61.5. The first-order chi connectivity index (χ1) is 27.3. The number of anilines is 3. The Bertz CT molecular complexity index is 2460. The van der Waals surface area contributed by atoms with Gasteiger partial charge in [0.05, 0.1) is 0 Å². The Kier molecular flexibility index (Phi) is 9.34. The molecule has 2 nitrogen and oxygen atoms in total. The molecule has 2 heterocycles. The second kappa shape index (κ2) is 14.5. The molecule has 2 aliphatic rings. The molecule has 0 fully saturated rings. The first-order valence-electron chi connectivity index (χ1n) is 20.5. The topological polar surface area (TPSA) is 12.5 Å². The summed E-state index contributed by atoms with van der Waals surface area (Å²) in [6.07, 6.45) is 1.09. The lowest BCUT2D eigenvalue weighted by atomic mass is 9.34. The summed E-state index contributed by atoms with van der Waals surface area (Å²) in [5.74, 6) is 3.14. The number of ether oxygens (including phenoxy) is 1. The molecule has 2 aliphatic heterocycles. The quantitative estimate of drug-likeness (QED) is 0.144. The lowest BCUT2D eigenvalue weighted by molar-refractivity contribution is 0.487. The molecule has 0 aliphatic carbocycles. The highest BCUT2D eigenvalue weighted by Gasteiger charge is 2.49. The molecule has 276 valence electrons. The Morgan fingerprint density at radius 1 is 0.536 bits per heavy atom. The van der Waals surface area contributed by atoms with E-state index in [0.717, 1.165) is 23.6 Å². The van der Waals surface area contributed by atoms with Crippen molar-refractivity contribution in [3.63, 3.8) is 0 Å². The maximum atomic E-state index is 6.99. The zero-order chi connectivity index (χ0) is 38.6. The van der Waals surface area contributed by atoms with E-state index >= 15 is 0 Å². The van der Waals surface area contributed by atoms with Crippen molar-refractivity contribution in [3.8, 4) is 11.5 Å². The Morgan fingerprint density at radius 3 is 1.66 bits per heavy atom. The van der Waals surface area contributed by atoms with Gasteiger partial charge >= 0.3 is 0 Å². The third-order valence-corrected chi connectivity index (χ3v) is 17.4.